The molecular weight excluding hydrogens is 231 g/mol. The van der Waals surface area contributed by atoms with E-state index in [1.54, 1.807) is 6.07 Å². The number of benzene rings is 1. The maximum atomic E-state index is 13.4. The molecule has 1 aliphatic rings. The molecule has 5 heteroatoms. The first-order chi connectivity index (χ1) is 7.66. The van der Waals surface area contributed by atoms with Crippen LogP contribution in [0, 0.1) is 5.82 Å². The number of urea groups is 1. The third-order valence-electron chi connectivity index (χ3n) is 2.64. The van der Waals surface area contributed by atoms with Crippen LogP contribution in [-0.4, -0.2) is 12.1 Å². The molecule has 86 valence electrons. The first-order valence-electron chi connectivity index (χ1n) is 5.18. The molecule has 0 saturated heterocycles. The predicted octanol–water partition coefficient (Wildman–Crippen LogP) is 3.15. The fraction of sp³-hybridized carbons (Fsp3) is 0.364. The highest BCUT2D eigenvalue weighted by molar-refractivity contribution is 6.31. The van der Waals surface area contributed by atoms with Crippen LogP contribution < -0.4 is 10.6 Å². The molecule has 1 fully saturated rings. The lowest BCUT2D eigenvalue weighted by Gasteiger charge is -2.26. The van der Waals surface area contributed by atoms with E-state index in [2.05, 4.69) is 10.6 Å². The maximum absolute atomic E-state index is 13.4. The van der Waals surface area contributed by atoms with Crippen molar-refractivity contribution in [1.29, 1.82) is 0 Å². The molecule has 2 rings (SSSR count). The van der Waals surface area contributed by atoms with Crippen molar-refractivity contribution < 1.29 is 9.18 Å². The lowest BCUT2D eigenvalue weighted by atomic mass is 9.93. The van der Waals surface area contributed by atoms with Crippen molar-refractivity contribution in [3.63, 3.8) is 0 Å². The number of rotatable bonds is 2. The summed E-state index contributed by atoms with van der Waals surface area (Å²) in [5.74, 6) is -0.604. The van der Waals surface area contributed by atoms with Crippen LogP contribution in [0.3, 0.4) is 0 Å². The Bertz CT molecular complexity index is 407. The van der Waals surface area contributed by atoms with Crippen LogP contribution in [0.2, 0.25) is 5.02 Å². The molecule has 0 spiro atoms. The Balaban J connectivity index is 1.97. The minimum atomic E-state index is -0.604. The van der Waals surface area contributed by atoms with Crippen LogP contribution in [0.15, 0.2) is 18.2 Å². The molecule has 1 aliphatic carbocycles. The maximum Gasteiger partial charge on any atom is 0.319 e. The molecule has 3 nitrogen and oxygen atoms in total. The summed E-state index contributed by atoms with van der Waals surface area (Å²) in [6, 6.07) is 4.34. The minimum Gasteiger partial charge on any atom is -0.335 e. The summed E-state index contributed by atoms with van der Waals surface area (Å²) in [5.41, 5.74) is 0.101. The highest BCUT2D eigenvalue weighted by Crippen LogP contribution is 2.22. The first-order valence-corrected chi connectivity index (χ1v) is 5.56. The summed E-state index contributed by atoms with van der Waals surface area (Å²) in [7, 11) is 0. The fourth-order valence-corrected chi connectivity index (χ4v) is 1.67. The largest absolute Gasteiger partial charge is 0.335 e. The molecular formula is C11H12ClFN2O. The molecule has 0 bridgehead atoms. The molecule has 0 unspecified atom stereocenters. The van der Waals surface area contributed by atoms with E-state index in [9.17, 15) is 9.18 Å². The van der Waals surface area contributed by atoms with Gasteiger partial charge in [0.15, 0.2) is 5.82 Å². The third-order valence-corrected chi connectivity index (χ3v) is 2.93. The normalized spacial score (nSPS) is 15.4. The van der Waals surface area contributed by atoms with E-state index in [0.717, 1.165) is 19.3 Å². The Morgan fingerprint density at radius 3 is 2.81 bits per heavy atom. The molecule has 0 aromatic heterocycles. The third kappa shape index (κ3) is 2.44. The van der Waals surface area contributed by atoms with Gasteiger partial charge in [0.05, 0.1) is 10.7 Å². The summed E-state index contributed by atoms with van der Waals surface area (Å²) in [6.45, 7) is 0. The molecule has 1 aromatic carbocycles. The van der Waals surface area contributed by atoms with Gasteiger partial charge in [-0.1, -0.05) is 17.7 Å². The van der Waals surface area contributed by atoms with E-state index >= 15 is 0 Å². The van der Waals surface area contributed by atoms with Crippen LogP contribution in [0.1, 0.15) is 19.3 Å². The first kappa shape index (κ1) is 11.2. The quantitative estimate of drug-likeness (QED) is 0.822. The van der Waals surface area contributed by atoms with Crippen LogP contribution >= 0.6 is 11.6 Å². The zero-order chi connectivity index (χ0) is 11.5. The lowest BCUT2D eigenvalue weighted by Crippen LogP contribution is -2.41. The van der Waals surface area contributed by atoms with Gasteiger partial charge in [-0.2, -0.15) is 0 Å². The number of hydrogen-bond acceptors (Lipinski definition) is 1. The van der Waals surface area contributed by atoms with Crippen LogP contribution in [-0.2, 0) is 0 Å². The number of hydrogen-bond donors (Lipinski definition) is 2. The van der Waals surface area contributed by atoms with E-state index in [4.69, 9.17) is 11.6 Å². The zero-order valence-corrected chi connectivity index (χ0v) is 9.35. The van der Waals surface area contributed by atoms with Gasteiger partial charge in [-0.15, -0.1) is 0 Å². The number of carbonyl (C=O) groups excluding carboxylic acids is 1. The standard InChI is InChI=1S/C11H12ClFN2O/c12-8-5-2-6-9(10(8)13)15-11(16)14-7-3-1-4-7/h2,5-7H,1,3-4H2,(H2,14,15,16). The van der Waals surface area contributed by atoms with E-state index in [-0.39, 0.29) is 22.8 Å². The van der Waals surface area contributed by atoms with Crippen LogP contribution in [0.25, 0.3) is 0 Å². The van der Waals surface area contributed by atoms with Crippen molar-refractivity contribution in [3.8, 4) is 0 Å². The predicted molar refractivity (Wildman–Crippen MR) is 61.2 cm³/mol. The number of carbonyl (C=O) groups is 1. The monoisotopic (exact) mass is 242 g/mol. The smallest absolute Gasteiger partial charge is 0.319 e. The average molecular weight is 243 g/mol. The van der Waals surface area contributed by atoms with Crippen molar-refractivity contribution >= 4 is 23.3 Å². The van der Waals surface area contributed by atoms with Gasteiger partial charge < -0.3 is 10.6 Å². The van der Waals surface area contributed by atoms with Gasteiger partial charge in [0, 0.05) is 6.04 Å². The Kier molecular flexibility index (Phi) is 3.29. The van der Waals surface area contributed by atoms with E-state index in [0.29, 0.717) is 0 Å². The summed E-state index contributed by atoms with van der Waals surface area (Å²) >= 11 is 5.59. The Morgan fingerprint density at radius 1 is 1.44 bits per heavy atom. The van der Waals surface area contributed by atoms with Gasteiger partial charge in [0.25, 0.3) is 0 Å². The Morgan fingerprint density at radius 2 is 2.19 bits per heavy atom. The minimum absolute atomic E-state index is 0.00134. The molecule has 1 aromatic rings. The molecule has 0 radical (unpaired) electrons. The van der Waals surface area contributed by atoms with Crippen molar-refractivity contribution in [3.05, 3.63) is 29.0 Å². The molecule has 2 amide bonds. The molecule has 1 saturated carbocycles. The number of amides is 2. The van der Waals surface area contributed by atoms with Gasteiger partial charge in [0.2, 0.25) is 0 Å². The number of anilines is 1. The van der Waals surface area contributed by atoms with E-state index < -0.39 is 5.82 Å². The van der Waals surface area contributed by atoms with Gasteiger partial charge in [-0.25, -0.2) is 9.18 Å². The van der Waals surface area contributed by atoms with Crippen LogP contribution in [0.5, 0.6) is 0 Å². The Hall–Kier alpha value is -1.29. The van der Waals surface area contributed by atoms with Crippen molar-refractivity contribution in [1.82, 2.24) is 5.32 Å². The summed E-state index contributed by atoms with van der Waals surface area (Å²) in [6.07, 6.45) is 3.12. The molecule has 2 N–H and O–H groups in total. The van der Waals surface area contributed by atoms with Crippen molar-refractivity contribution in [2.24, 2.45) is 0 Å². The zero-order valence-electron chi connectivity index (χ0n) is 8.59. The lowest BCUT2D eigenvalue weighted by molar-refractivity contribution is 0.240. The summed E-state index contributed by atoms with van der Waals surface area (Å²) in [4.78, 5) is 11.4. The van der Waals surface area contributed by atoms with E-state index in [1.807, 2.05) is 0 Å². The summed E-state index contributed by atoms with van der Waals surface area (Å²) < 4.78 is 13.4. The molecule has 0 atom stereocenters. The van der Waals surface area contributed by atoms with Gasteiger partial charge in [-0.3, -0.25) is 0 Å². The molecule has 0 aliphatic heterocycles. The Labute approximate surface area is 98.0 Å². The summed E-state index contributed by atoms with van der Waals surface area (Å²) in [5, 5.41) is 5.19. The molecule has 0 heterocycles. The highest BCUT2D eigenvalue weighted by Gasteiger charge is 2.19. The SMILES string of the molecule is O=C(Nc1cccc(Cl)c1F)NC1CCC1. The number of halogens is 2. The van der Waals surface area contributed by atoms with Gasteiger partial charge >= 0.3 is 6.03 Å². The van der Waals surface area contributed by atoms with Crippen molar-refractivity contribution in [2.75, 3.05) is 5.32 Å². The van der Waals surface area contributed by atoms with Crippen LogP contribution in [0.4, 0.5) is 14.9 Å². The van der Waals surface area contributed by atoms with Gasteiger partial charge in [0.1, 0.15) is 0 Å². The second kappa shape index (κ2) is 4.70. The van der Waals surface area contributed by atoms with Gasteiger partial charge in [-0.05, 0) is 31.4 Å². The van der Waals surface area contributed by atoms with E-state index in [1.165, 1.54) is 12.1 Å². The second-order valence-electron chi connectivity index (χ2n) is 3.83. The molecule has 16 heavy (non-hydrogen) atoms. The second-order valence-corrected chi connectivity index (χ2v) is 4.23. The average Bonchev–Trinajstić information content (AvgIpc) is 2.19. The van der Waals surface area contributed by atoms with Crippen molar-refractivity contribution in [2.45, 2.75) is 25.3 Å². The fourth-order valence-electron chi connectivity index (χ4n) is 1.50. The number of nitrogens with one attached hydrogen (secondary N) is 2. The topological polar surface area (TPSA) is 41.1 Å². The highest BCUT2D eigenvalue weighted by atomic mass is 35.5.